The summed E-state index contributed by atoms with van der Waals surface area (Å²) in [5.74, 6) is -1.75. The van der Waals surface area contributed by atoms with E-state index in [4.69, 9.17) is 4.74 Å². The van der Waals surface area contributed by atoms with Crippen LogP contribution in [0.5, 0.6) is 5.75 Å². The second-order valence-electron chi connectivity index (χ2n) is 5.47. The second kappa shape index (κ2) is 7.40. The van der Waals surface area contributed by atoms with Gasteiger partial charge in [-0.2, -0.15) is 0 Å². The molecule has 27 heavy (non-hydrogen) atoms. The summed E-state index contributed by atoms with van der Waals surface area (Å²) in [6, 6.07) is 13.4. The van der Waals surface area contributed by atoms with Crippen LogP contribution in [0.25, 0.3) is 10.9 Å². The lowest BCUT2D eigenvalue weighted by molar-refractivity contribution is -0.274. The van der Waals surface area contributed by atoms with Gasteiger partial charge in [-0.1, -0.05) is 18.2 Å². The zero-order valence-corrected chi connectivity index (χ0v) is 13.7. The summed E-state index contributed by atoms with van der Waals surface area (Å²) in [5, 5.41) is 3.23. The van der Waals surface area contributed by atoms with Gasteiger partial charge in [-0.15, -0.1) is 13.2 Å². The predicted octanol–water partition coefficient (Wildman–Crippen LogP) is 3.86. The number of carbonyl (C=O) groups is 2. The van der Waals surface area contributed by atoms with Crippen molar-refractivity contribution >= 4 is 28.5 Å². The smallest absolute Gasteiger partial charge is 0.451 e. The number of aromatic amines is 1. The molecule has 2 aromatic carbocycles. The molecule has 3 rings (SSSR count). The van der Waals surface area contributed by atoms with E-state index in [1.807, 2.05) is 18.2 Å². The summed E-state index contributed by atoms with van der Waals surface area (Å²) in [4.78, 5) is 26.7. The number of nitrogens with one attached hydrogen (secondary N) is 2. The zero-order valence-electron chi connectivity index (χ0n) is 13.7. The summed E-state index contributed by atoms with van der Waals surface area (Å²) in [5.41, 5.74) is 1.20. The van der Waals surface area contributed by atoms with E-state index in [0.29, 0.717) is 0 Å². The molecule has 1 heterocycles. The number of anilines is 1. The molecule has 0 radical (unpaired) electrons. The molecule has 140 valence electrons. The van der Waals surface area contributed by atoms with Gasteiger partial charge < -0.3 is 19.8 Å². The zero-order chi connectivity index (χ0) is 19.4. The lowest BCUT2D eigenvalue weighted by Gasteiger charge is -2.10. The predicted molar refractivity (Wildman–Crippen MR) is 90.3 cm³/mol. The first-order chi connectivity index (χ1) is 12.8. The minimum absolute atomic E-state index is 0.206. The van der Waals surface area contributed by atoms with Gasteiger partial charge in [0.1, 0.15) is 11.4 Å². The third kappa shape index (κ3) is 5.00. The third-order valence-corrected chi connectivity index (χ3v) is 3.46. The van der Waals surface area contributed by atoms with Gasteiger partial charge in [0.2, 0.25) is 0 Å². The van der Waals surface area contributed by atoms with Crippen LogP contribution in [0.2, 0.25) is 0 Å². The molecular formula is C18H13F3N2O4. The Balaban J connectivity index is 1.52. The molecule has 0 unspecified atom stereocenters. The monoisotopic (exact) mass is 378 g/mol. The molecule has 0 aliphatic rings. The van der Waals surface area contributed by atoms with E-state index >= 15 is 0 Å². The van der Waals surface area contributed by atoms with Crippen LogP contribution in [0, 0.1) is 0 Å². The number of para-hydroxylation sites is 1. The summed E-state index contributed by atoms with van der Waals surface area (Å²) in [6.45, 7) is -0.547. The minimum Gasteiger partial charge on any atom is -0.451 e. The maximum Gasteiger partial charge on any atom is 0.573 e. The Bertz CT molecular complexity index is 932. The van der Waals surface area contributed by atoms with Crippen molar-refractivity contribution in [3.63, 3.8) is 0 Å². The maximum absolute atomic E-state index is 12.1. The van der Waals surface area contributed by atoms with E-state index < -0.39 is 30.6 Å². The van der Waals surface area contributed by atoms with Crippen molar-refractivity contribution in [2.75, 3.05) is 11.9 Å². The number of H-pyrrole nitrogens is 1. The van der Waals surface area contributed by atoms with Gasteiger partial charge in [0.05, 0.1) is 0 Å². The molecule has 9 heteroatoms. The van der Waals surface area contributed by atoms with Gasteiger partial charge in [-0.25, -0.2) is 4.79 Å². The number of aromatic nitrogens is 1. The van der Waals surface area contributed by atoms with Crippen molar-refractivity contribution < 1.29 is 32.2 Å². The number of ether oxygens (including phenoxy) is 2. The van der Waals surface area contributed by atoms with Crippen LogP contribution >= 0.6 is 0 Å². The molecule has 2 N–H and O–H groups in total. The van der Waals surface area contributed by atoms with E-state index in [9.17, 15) is 22.8 Å². The van der Waals surface area contributed by atoms with Gasteiger partial charge in [-0.3, -0.25) is 4.79 Å². The van der Waals surface area contributed by atoms with Crippen LogP contribution in [0.4, 0.5) is 18.9 Å². The number of fused-ring (bicyclic) bond motifs is 1. The number of benzene rings is 2. The van der Waals surface area contributed by atoms with Crippen LogP contribution in [0.15, 0.2) is 54.6 Å². The summed E-state index contributed by atoms with van der Waals surface area (Å²) < 4.78 is 44.9. The summed E-state index contributed by atoms with van der Waals surface area (Å²) >= 11 is 0. The van der Waals surface area contributed by atoms with Crippen LogP contribution in [-0.4, -0.2) is 29.8 Å². The Labute approximate surface area is 150 Å². The highest BCUT2D eigenvalue weighted by Crippen LogP contribution is 2.24. The van der Waals surface area contributed by atoms with Gasteiger partial charge in [0.25, 0.3) is 5.91 Å². The summed E-state index contributed by atoms with van der Waals surface area (Å²) in [7, 11) is 0. The lowest BCUT2D eigenvalue weighted by Crippen LogP contribution is -2.21. The van der Waals surface area contributed by atoms with Crippen molar-refractivity contribution in [2.24, 2.45) is 0 Å². The molecule has 0 fully saturated rings. The van der Waals surface area contributed by atoms with Crippen LogP contribution in [0.1, 0.15) is 10.5 Å². The molecule has 0 atom stereocenters. The first-order valence-electron chi connectivity index (χ1n) is 7.71. The molecule has 0 aliphatic carbocycles. The van der Waals surface area contributed by atoms with Crippen molar-refractivity contribution in [2.45, 2.75) is 6.36 Å². The van der Waals surface area contributed by atoms with Crippen molar-refractivity contribution in [3.8, 4) is 5.75 Å². The van der Waals surface area contributed by atoms with Gasteiger partial charge in [0, 0.05) is 16.6 Å². The number of amides is 1. The van der Waals surface area contributed by atoms with Gasteiger partial charge in [-0.05, 0) is 36.4 Å². The number of hydrogen-bond donors (Lipinski definition) is 2. The number of esters is 1. The van der Waals surface area contributed by atoms with Crippen molar-refractivity contribution in [1.82, 2.24) is 4.98 Å². The Morgan fingerprint density at radius 3 is 2.41 bits per heavy atom. The fraction of sp³-hybridized carbons (Fsp3) is 0.111. The highest BCUT2D eigenvalue weighted by Gasteiger charge is 2.30. The number of rotatable bonds is 5. The SMILES string of the molecule is O=C(COC(=O)c1cc2ccccc2[nH]1)Nc1ccc(OC(F)(F)F)cc1. The number of alkyl halides is 3. The van der Waals surface area contributed by atoms with E-state index in [1.165, 1.54) is 12.1 Å². The van der Waals surface area contributed by atoms with E-state index in [1.54, 1.807) is 12.1 Å². The molecule has 1 amide bonds. The van der Waals surface area contributed by atoms with Crippen molar-refractivity contribution in [1.29, 1.82) is 0 Å². The normalized spacial score (nSPS) is 11.2. The molecule has 0 spiro atoms. The second-order valence-corrected chi connectivity index (χ2v) is 5.47. The molecule has 0 bridgehead atoms. The molecule has 0 aliphatic heterocycles. The first kappa shape index (κ1) is 18.3. The molecule has 3 aromatic rings. The average Bonchev–Trinajstić information content (AvgIpc) is 3.04. The highest BCUT2D eigenvalue weighted by molar-refractivity contribution is 5.97. The summed E-state index contributed by atoms with van der Waals surface area (Å²) in [6.07, 6.45) is -4.79. The minimum atomic E-state index is -4.79. The van der Waals surface area contributed by atoms with Crippen LogP contribution in [-0.2, 0) is 9.53 Å². The largest absolute Gasteiger partial charge is 0.573 e. The number of halogens is 3. The highest BCUT2D eigenvalue weighted by atomic mass is 19.4. The quantitative estimate of drug-likeness (QED) is 0.661. The van der Waals surface area contributed by atoms with Crippen LogP contribution < -0.4 is 10.1 Å². The van der Waals surface area contributed by atoms with Crippen molar-refractivity contribution in [3.05, 3.63) is 60.3 Å². The van der Waals surface area contributed by atoms with Gasteiger partial charge in [0.15, 0.2) is 6.61 Å². The number of hydrogen-bond acceptors (Lipinski definition) is 4. The molecule has 1 aromatic heterocycles. The standard InChI is InChI=1S/C18H13F3N2O4/c19-18(20,21)27-13-7-5-12(6-8-13)22-16(24)10-26-17(25)15-9-11-3-1-2-4-14(11)23-15/h1-9,23H,10H2,(H,22,24). The molecule has 6 nitrogen and oxygen atoms in total. The maximum atomic E-state index is 12.1. The fourth-order valence-electron chi connectivity index (χ4n) is 2.33. The Morgan fingerprint density at radius 2 is 1.74 bits per heavy atom. The van der Waals surface area contributed by atoms with E-state index in [0.717, 1.165) is 23.0 Å². The molecule has 0 saturated heterocycles. The Morgan fingerprint density at radius 1 is 1.04 bits per heavy atom. The van der Waals surface area contributed by atoms with E-state index in [2.05, 4.69) is 15.0 Å². The van der Waals surface area contributed by atoms with E-state index in [-0.39, 0.29) is 11.4 Å². The molecule has 0 saturated carbocycles. The number of carbonyl (C=O) groups excluding carboxylic acids is 2. The average molecular weight is 378 g/mol. The fourth-order valence-corrected chi connectivity index (χ4v) is 2.33. The Kier molecular flexibility index (Phi) is 5.02. The van der Waals surface area contributed by atoms with Crippen LogP contribution in [0.3, 0.4) is 0 Å². The Hall–Kier alpha value is -3.49. The third-order valence-electron chi connectivity index (χ3n) is 3.46. The first-order valence-corrected chi connectivity index (χ1v) is 7.71. The lowest BCUT2D eigenvalue weighted by atomic mass is 10.2. The topological polar surface area (TPSA) is 80.4 Å². The van der Waals surface area contributed by atoms with Gasteiger partial charge >= 0.3 is 12.3 Å². The molecular weight excluding hydrogens is 365 g/mol.